The fourth-order valence-corrected chi connectivity index (χ4v) is 5.87. The zero-order valence-electron chi connectivity index (χ0n) is 24.2. The molecule has 210 valence electrons. The molecule has 45 heavy (non-hydrogen) atoms. The molecule has 0 saturated heterocycles. The Kier molecular flexibility index (Phi) is 6.44. The number of hydrogen-bond acceptors (Lipinski definition) is 4. The van der Waals surface area contributed by atoms with E-state index in [1.165, 1.54) is 0 Å². The van der Waals surface area contributed by atoms with Crippen LogP contribution >= 0.6 is 0 Å². The van der Waals surface area contributed by atoms with Gasteiger partial charge in [0, 0.05) is 33.2 Å². The number of hydrogen-bond donors (Lipinski definition) is 0. The molecule has 0 radical (unpaired) electrons. The summed E-state index contributed by atoms with van der Waals surface area (Å²) in [6.07, 6.45) is 1.94. The first-order chi connectivity index (χ1) is 22.2. The summed E-state index contributed by atoms with van der Waals surface area (Å²) in [4.78, 5) is 10.0. The monoisotopic (exact) mass is 575 g/mol. The predicted molar refractivity (Wildman–Crippen MR) is 180 cm³/mol. The first kappa shape index (κ1) is 26.3. The van der Waals surface area contributed by atoms with E-state index in [0.717, 1.165) is 66.8 Å². The van der Waals surface area contributed by atoms with Gasteiger partial charge < -0.3 is 0 Å². The van der Waals surface area contributed by atoms with E-state index < -0.39 is 0 Å². The molecule has 0 aliphatic carbocycles. The van der Waals surface area contributed by atoms with E-state index in [4.69, 9.17) is 15.1 Å². The van der Waals surface area contributed by atoms with Crippen molar-refractivity contribution in [2.75, 3.05) is 0 Å². The normalized spacial score (nSPS) is 11.1. The highest BCUT2D eigenvalue weighted by Crippen LogP contribution is 2.37. The minimum absolute atomic E-state index is 0.621. The largest absolute Gasteiger partial charge is 0.232 e. The number of nitrogens with zero attached hydrogens (tertiary/aromatic N) is 5. The van der Waals surface area contributed by atoms with Gasteiger partial charge in [0.15, 0.2) is 5.82 Å². The predicted octanol–water partition coefficient (Wildman–Crippen LogP) is 9.48. The van der Waals surface area contributed by atoms with Crippen LogP contribution in [0.5, 0.6) is 0 Å². The Morgan fingerprint density at radius 3 is 1.80 bits per heavy atom. The maximum Gasteiger partial charge on any atom is 0.160 e. The summed E-state index contributed by atoms with van der Waals surface area (Å²) < 4.78 is 2.01. The van der Waals surface area contributed by atoms with Gasteiger partial charge in [-0.2, -0.15) is 10.4 Å². The third kappa shape index (κ3) is 4.81. The highest BCUT2D eigenvalue weighted by Gasteiger charge is 2.17. The van der Waals surface area contributed by atoms with Crippen LogP contribution in [0.4, 0.5) is 0 Å². The van der Waals surface area contributed by atoms with Crippen LogP contribution in [0.15, 0.2) is 152 Å². The molecule has 0 aliphatic rings. The molecule has 0 unspecified atom stereocenters. The van der Waals surface area contributed by atoms with E-state index in [2.05, 4.69) is 60.7 Å². The van der Waals surface area contributed by atoms with Gasteiger partial charge in [-0.1, -0.05) is 115 Å². The molecule has 5 aromatic carbocycles. The first-order valence-corrected chi connectivity index (χ1v) is 14.8. The van der Waals surface area contributed by atoms with Gasteiger partial charge in [-0.15, -0.1) is 0 Å². The molecule has 5 heteroatoms. The average Bonchev–Trinajstić information content (AvgIpc) is 3.58. The second kappa shape index (κ2) is 11.0. The van der Waals surface area contributed by atoms with Crippen molar-refractivity contribution >= 4 is 16.3 Å². The van der Waals surface area contributed by atoms with E-state index >= 15 is 0 Å². The number of aromatic nitrogens is 4. The molecule has 0 N–H and O–H groups in total. The Labute approximate surface area is 260 Å². The van der Waals surface area contributed by atoms with Gasteiger partial charge in [0.25, 0.3) is 0 Å². The van der Waals surface area contributed by atoms with Crippen molar-refractivity contribution in [1.82, 2.24) is 19.6 Å². The Balaban J connectivity index is 1.37. The lowest BCUT2D eigenvalue weighted by atomic mass is 9.98. The Morgan fingerprint density at radius 1 is 0.533 bits per heavy atom. The van der Waals surface area contributed by atoms with Crippen molar-refractivity contribution in [1.29, 1.82) is 5.26 Å². The minimum Gasteiger partial charge on any atom is -0.232 e. The molecule has 0 saturated carbocycles. The standard InChI is InChI=1S/C40H25N5/c41-25-27-16-18-30(19-17-27)38-23-33-22-32(20-21-34(33)39-35(26-42-45(38)39)28-10-4-1-5-11-28)37-24-36(29-12-6-2-7-13-29)43-40(44-37)31-14-8-3-9-15-31/h1-24,26H. The van der Waals surface area contributed by atoms with Crippen LogP contribution in [0, 0.1) is 11.3 Å². The number of pyridine rings is 1. The fraction of sp³-hybridized carbons (Fsp3) is 0. The van der Waals surface area contributed by atoms with Crippen molar-refractivity contribution in [3.05, 3.63) is 157 Å². The lowest BCUT2D eigenvalue weighted by molar-refractivity contribution is 0.975. The minimum atomic E-state index is 0.621. The van der Waals surface area contributed by atoms with Crippen LogP contribution in [-0.4, -0.2) is 19.6 Å². The van der Waals surface area contributed by atoms with Crippen molar-refractivity contribution in [2.24, 2.45) is 0 Å². The summed E-state index contributed by atoms with van der Waals surface area (Å²) in [5.74, 6) is 0.683. The Morgan fingerprint density at radius 2 is 1.13 bits per heavy atom. The third-order valence-corrected chi connectivity index (χ3v) is 8.11. The molecule has 3 aromatic heterocycles. The first-order valence-electron chi connectivity index (χ1n) is 14.8. The summed E-state index contributed by atoms with van der Waals surface area (Å²) in [7, 11) is 0. The smallest absolute Gasteiger partial charge is 0.160 e. The molecule has 5 nitrogen and oxygen atoms in total. The second-order valence-corrected chi connectivity index (χ2v) is 10.9. The number of nitriles is 1. The molecule has 3 heterocycles. The summed E-state index contributed by atoms with van der Waals surface area (Å²) in [5, 5.41) is 16.4. The van der Waals surface area contributed by atoms with Gasteiger partial charge in [-0.05, 0) is 41.3 Å². The number of fused-ring (bicyclic) bond motifs is 3. The topological polar surface area (TPSA) is 66.9 Å². The van der Waals surface area contributed by atoms with Gasteiger partial charge >= 0.3 is 0 Å². The molecule has 0 fully saturated rings. The molecule has 0 spiro atoms. The molecular formula is C40H25N5. The average molecular weight is 576 g/mol. The van der Waals surface area contributed by atoms with E-state index in [1.54, 1.807) is 0 Å². The third-order valence-electron chi connectivity index (χ3n) is 8.11. The van der Waals surface area contributed by atoms with Crippen molar-refractivity contribution in [3.8, 4) is 62.4 Å². The van der Waals surface area contributed by atoms with Gasteiger partial charge in [0.1, 0.15) is 0 Å². The fourth-order valence-electron chi connectivity index (χ4n) is 5.87. The van der Waals surface area contributed by atoms with E-state index in [9.17, 15) is 5.26 Å². The molecule has 8 aromatic rings. The molecule has 8 rings (SSSR count). The summed E-state index contributed by atoms with van der Waals surface area (Å²) in [6.45, 7) is 0. The molecule has 0 bridgehead atoms. The summed E-state index contributed by atoms with van der Waals surface area (Å²) in [5.41, 5.74) is 10.5. The molecule has 0 atom stereocenters. The second-order valence-electron chi connectivity index (χ2n) is 10.9. The van der Waals surface area contributed by atoms with Crippen molar-refractivity contribution in [2.45, 2.75) is 0 Å². The van der Waals surface area contributed by atoms with Crippen LogP contribution in [0.25, 0.3) is 72.6 Å². The highest BCUT2D eigenvalue weighted by molar-refractivity contribution is 6.06. The molecule has 0 aliphatic heterocycles. The molecular weight excluding hydrogens is 550 g/mol. The van der Waals surface area contributed by atoms with Gasteiger partial charge in [0.2, 0.25) is 0 Å². The van der Waals surface area contributed by atoms with E-state index in [0.29, 0.717) is 11.4 Å². The van der Waals surface area contributed by atoms with Crippen LogP contribution in [0.3, 0.4) is 0 Å². The van der Waals surface area contributed by atoms with Crippen LogP contribution in [-0.2, 0) is 0 Å². The number of benzene rings is 5. The van der Waals surface area contributed by atoms with E-state index in [1.807, 2.05) is 102 Å². The lowest BCUT2D eigenvalue weighted by Crippen LogP contribution is -1.97. The Bertz CT molecular complexity index is 2300. The Hall–Kier alpha value is -6.38. The molecule has 0 amide bonds. The summed E-state index contributed by atoms with van der Waals surface area (Å²) >= 11 is 0. The van der Waals surface area contributed by atoms with Crippen molar-refractivity contribution < 1.29 is 0 Å². The quantitative estimate of drug-likeness (QED) is 0.205. The van der Waals surface area contributed by atoms with Gasteiger partial charge in [-0.25, -0.2) is 14.5 Å². The zero-order valence-corrected chi connectivity index (χ0v) is 24.2. The van der Waals surface area contributed by atoms with Crippen LogP contribution in [0.1, 0.15) is 5.56 Å². The maximum atomic E-state index is 9.39. The lowest BCUT2D eigenvalue weighted by Gasteiger charge is -2.13. The van der Waals surface area contributed by atoms with E-state index in [-0.39, 0.29) is 0 Å². The van der Waals surface area contributed by atoms with Gasteiger partial charge in [-0.3, -0.25) is 0 Å². The number of rotatable bonds is 5. The van der Waals surface area contributed by atoms with Crippen LogP contribution < -0.4 is 0 Å². The van der Waals surface area contributed by atoms with Crippen LogP contribution in [0.2, 0.25) is 0 Å². The zero-order chi connectivity index (χ0) is 30.2. The highest BCUT2D eigenvalue weighted by atomic mass is 15.2. The maximum absolute atomic E-state index is 9.39. The van der Waals surface area contributed by atoms with Gasteiger partial charge in [0.05, 0.1) is 40.4 Å². The SMILES string of the molecule is N#Cc1ccc(-c2cc3cc(-c4cc(-c5ccccc5)nc(-c5ccccc5)n4)ccc3c3c(-c4ccccc4)cnn23)cc1. The van der Waals surface area contributed by atoms with Crippen molar-refractivity contribution in [3.63, 3.8) is 0 Å². The summed E-state index contributed by atoms with van der Waals surface area (Å²) in [6, 6.07) is 51.3.